The number of alkyl halides is 2. The van der Waals surface area contributed by atoms with Crippen LogP contribution < -0.4 is 9.64 Å². The summed E-state index contributed by atoms with van der Waals surface area (Å²) in [4.78, 5) is 35.4. The van der Waals surface area contributed by atoms with E-state index in [1.807, 2.05) is 5.38 Å². The Labute approximate surface area is 249 Å². The zero-order chi connectivity index (χ0) is 29.2. The van der Waals surface area contributed by atoms with E-state index in [9.17, 15) is 18.1 Å². The van der Waals surface area contributed by atoms with Crippen LogP contribution in [0.4, 0.5) is 19.6 Å². The number of halogens is 5. The van der Waals surface area contributed by atoms with Crippen LogP contribution in [0.2, 0.25) is 10.0 Å². The fourth-order valence-corrected chi connectivity index (χ4v) is 6.03. The van der Waals surface area contributed by atoms with Gasteiger partial charge < -0.3 is 24.5 Å². The van der Waals surface area contributed by atoms with Gasteiger partial charge in [-0.05, 0) is 54.1 Å². The first-order chi connectivity index (χ1) is 18.8. The molecular weight excluding hydrogens is 676 g/mol. The van der Waals surface area contributed by atoms with E-state index in [-0.39, 0.29) is 16.0 Å². The van der Waals surface area contributed by atoms with Gasteiger partial charge in [0.1, 0.15) is 5.75 Å². The van der Waals surface area contributed by atoms with E-state index >= 15 is 0 Å². The van der Waals surface area contributed by atoms with Crippen molar-refractivity contribution in [2.24, 2.45) is 0 Å². The van der Waals surface area contributed by atoms with Gasteiger partial charge in [0, 0.05) is 26.7 Å². The van der Waals surface area contributed by atoms with Gasteiger partial charge in [0.25, 0.3) is 0 Å². The smallest absolute Gasteiger partial charge is 0.399 e. The second-order valence-electron chi connectivity index (χ2n) is 8.31. The van der Waals surface area contributed by atoms with E-state index in [2.05, 4.69) is 15.9 Å². The molecule has 0 saturated heterocycles. The van der Waals surface area contributed by atoms with Crippen LogP contribution in [0, 0.1) is 0 Å². The minimum absolute atomic E-state index is 0.132. The number of benzene rings is 3. The summed E-state index contributed by atoms with van der Waals surface area (Å²) in [5, 5.41) is 11.7. The number of hydrogen-bond donors (Lipinski definition) is 3. The van der Waals surface area contributed by atoms with E-state index < -0.39 is 31.4 Å². The van der Waals surface area contributed by atoms with Crippen molar-refractivity contribution in [3.8, 4) is 17.0 Å². The highest BCUT2D eigenvalue weighted by molar-refractivity contribution is 9.10. The van der Waals surface area contributed by atoms with E-state index in [0.717, 1.165) is 11.6 Å². The molecule has 0 fully saturated rings. The van der Waals surface area contributed by atoms with Crippen LogP contribution in [0.15, 0.2) is 70.5 Å². The first-order valence-corrected chi connectivity index (χ1v) is 15.2. The topological polar surface area (TPSA) is 120 Å². The Balaban J connectivity index is 1.67. The minimum Gasteiger partial charge on any atom is -0.482 e. The lowest BCUT2D eigenvalue weighted by Gasteiger charge is -2.24. The van der Waals surface area contributed by atoms with Gasteiger partial charge in [-0.2, -0.15) is 8.78 Å². The first kappa shape index (κ1) is 30.4. The monoisotopic (exact) mass is 692 g/mol. The van der Waals surface area contributed by atoms with Crippen LogP contribution >= 0.6 is 58.1 Å². The zero-order valence-electron chi connectivity index (χ0n) is 20.0. The summed E-state index contributed by atoms with van der Waals surface area (Å²) in [5.41, 5.74) is -2.71. The summed E-state index contributed by atoms with van der Waals surface area (Å²) in [6.07, 6.45) is 0. The van der Waals surface area contributed by atoms with Crippen LogP contribution in [-0.2, 0) is 21.6 Å². The van der Waals surface area contributed by atoms with Gasteiger partial charge in [0.05, 0.1) is 22.3 Å². The molecule has 0 atom stereocenters. The van der Waals surface area contributed by atoms with Gasteiger partial charge in [0.15, 0.2) is 11.7 Å². The summed E-state index contributed by atoms with van der Waals surface area (Å²) in [6, 6.07) is 15.3. The highest BCUT2D eigenvalue weighted by atomic mass is 79.9. The summed E-state index contributed by atoms with van der Waals surface area (Å²) in [5.74, 6) is -0.704. The fourth-order valence-electron chi connectivity index (χ4n) is 3.55. The van der Waals surface area contributed by atoms with Gasteiger partial charge >= 0.3 is 19.2 Å². The van der Waals surface area contributed by atoms with Crippen LogP contribution in [0.3, 0.4) is 0 Å². The third-order valence-corrected chi connectivity index (χ3v) is 8.75. The summed E-state index contributed by atoms with van der Waals surface area (Å²) in [6.45, 7) is -0.333. The van der Waals surface area contributed by atoms with Crippen molar-refractivity contribution >= 4 is 74.9 Å². The maximum Gasteiger partial charge on any atom is 0.399 e. The molecule has 0 radical (unpaired) electrons. The Hall–Kier alpha value is -2.57. The Kier molecular flexibility index (Phi) is 9.21. The number of aromatic nitrogens is 1. The number of anilines is 2. The third-order valence-electron chi connectivity index (χ3n) is 5.51. The van der Waals surface area contributed by atoms with Gasteiger partial charge in [-0.3, -0.25) is 4.57 Å². The Morgan fingerprint density at radius 2 is 1.77 bits per heavy atom. The van der Waals surface area contributed by atoms with Crippen molar-refractivity contribution in [3.63, 3.8) is 0 Å². The van der Waals surface area contributed by atoms with E-state index in [0.29, 0.717) is 32.8 Å². The molecule has 0 bridgehead atoms. The van der Waals surface area contributed by atoms with Crippen LogP contribution in [-0.4, -0.2) is 32.5 Å². The molecule has 4 aromatic rings. The largest absolute Gasteiger partial charge is 0.482 e. The number of aliphatic carboxylic acids is 1. The van der Waals surface area contributed by atoms with Crippen LogP contribution in [0.5, 0.6) is 5.75 Å². The number of ether oxygens (including phenoxy) is 1. The van der Waals surface area contributed by atoms with Crippen molar-refractivity contribution in [2.45, 2.75) is 12.2 Å². The molecule has 0 aliphatic carbocycles. The SMILES string of the molecule is O=C(O)COc1ccc(-c2csc(N(Cc3ccc(C(F)(F)P(=O)(O)O)c(Br)c3)c3ccc(Cl)c(Cl)c3)n2)cc1. The van der Waals surface area contributed by atoms with Crippen LogP contribution in [0.1, 0.15) is 11.1 Å². The molecule has 8 nitrogen and oxygen atoms in total. The summed E-state index contributed by atoms with van der Waals surface area (Å²) in [7, 11) is -5.75. The lowest BCUT2D eigenvalue weighted by Crippen LogP contribution is -2.18. The number of nitrogens with zero attached hydrogens (tertiary/aromatic N) is 2. The number of thiazole rings is 1. The van der Waals surface area contributed by atoms with E-state index in [1.54, 1.807) is 47.4 Å². The lowest BCUT2D eigenvalue weighted by atomic mass is 10.1. The molecule has 0 aliphatic heterocycles. The molecule has 0 aliphatic rings. The predicted molar refractivity (Wildman–Crippen MR) is 153 cm³/mol. The maximum atomic E-state index is 14.3. The molecule has 0 unspecified atom stereocenters. The van der Waals surface area contributed by atoms with Crippen molar-refractivity contribution in [2.75, 3.05) is 11.5 Å². The van der Waals surface area contributed by atoms with Gasteiger partial charge in [-0.25, -0.2) is 9.78 Å². The second kappa shape index (κ2) is 12.1. The minimum atomic E-state index is -5.75. The standard InChI is InChI=1S/C25H18BrCl2F2N2O6PS/c26-19-9-14(1-7-18(19)25(29,30)39(35,36)37)11-32(16-4-8-20(27)21(28)10-16)24-31-22(13-40-24)15-2-5-17(6-3-15)38-12-23(33)34/h1-10,13H,11-12H2,(H,33,34)(H2,35,36,37). The Morgan fingerprint density at radius 3 is 2.38 bits per heavy atom. The molecule has 0 saturated carbocycles. The molecule has 3 N–H and O–H groups in total. The van der Waals surface area contributed by atoms with Gasteiger partial charge in [-0.15, -0.1) is 11.3 Å². The predicted octanol–water partition coefficient (Wildman–Crippen LogP) is 7.91. The molecule has 210 valence electrons. The van der Waals surface area contributed by atoms with Crippen LogP contribution in [0.25, 0.3) is 11.3 Å². The molecule has 0 amide bonds. The second-order valence-corrected chi connectivity index (χ2v) is 12.5. The maximum absolute atomic E-state index is 14.3. The number of carbonyl (C=O) groups is 1. The van der Waals surface area contributed by atoms with Crippen molar-refractivity contribution in [1.29, 1.82) is 0 Å². The molecular formula is C25H18BrCl2F2N2O6PS. The molecule has 4 rings (SSSR count). The Morgan fingerprint density at radius 1 is 1.07 bits per heavy atom. The molecule has 3 aromatic carbocycles. The first-order valence-electron chi connectivity index (χ1n) is 11.1. The molecule has 1 heterocycles. The van der Waals surface area contributed by atoms with E-state index in [4.69, 9.17) is 47.8 Å². The number of rotatable bonds is 10. The zero-order valence-corrected chi connectivity index (χ0v) is 24.8. The van der Waals surface area contributed by atoms with Gasteiger partial charge in [0.2, 0.25) is 0 Å². The third kappa shape index (κ3) is 6.83. The highest BCUT2D eigenvalue weighted by Gasteiger charge is 2.51. The molecule has 15 heteroatoms. The number of carboxylic acid groups (broad SMARTS) is 1. The van der Waals surface area contributed by atoms with Crippen molar-refractivity contribution < 1.29 is 37.8 Å². The molecule has 1 aromatic heterocycles. The van der Waals surface area contributed by atoms with E-state index in [1.165, 1.54) is 23.5 Å². The number of hydrogen-bond acceptors (Lipinski definition) is 6. The highest BCUT2D eigenvalue weighted by Crippen LogP contribution is 2.60. The van der Waals surface area contributed by atoms with Gasteiger partial charge in [-0.1, -0.05) is 51.3 Å². The average Bonchev–Trinajstić information content (AvgIpc) is 3.37. The average molecular weight is 694 g/mol. The molecule has 0 spiro atoms. The molecule has 40 heavy (non-hydrogen) atoms. The Bertz CT molecular complexity index is 1600. The fraction of sp³-hybridized carbons (Fsp3) is 0.120. The van der Waals surface area contributed by atoms with Crippen molar-refractivity contribution in [1.82, 2.24) is 4.98 Å². The normalized spacial score (nSPS) is 11.9. The number of carboxylic acids is 1. The lowest BCUT2D eigenvalue weighted by molar-refractivity contribution is -0.139. The summed E-state index contributed by atoms with van der Waals surface area (Å²) >= 11 is 16.7. The van der Waals surface area contributed by atoms with Crippen molar-refractivity contribution in [3.05, 3.63) is 91.7 Å². The quantitative estimate of drug-likeness (QED) is 0.143. The summed E-state index contributed by atoms with van der Waals surface area (Å²) < 4.78 is 45.0.